The van der Waals surface area contributed by atoms with Gasteiger partial charge in [0, 0.05) is 24.6 Å². The maximum Gasteiger partial charge on any atom is 0.238 e. The van der Waals surface area contributed by atoms with Crippen LogP contribution >= 0.6 is 0 Å². The van der Waals surface area contributed by atoms with Gasteiger partial charge in [-0.15, -0.1) is 0 Å². The van der Waals surface area contributed by atoms with E-state index in [1.165, 1.54) is 6.20 Å². The first kappa shape index (κ1) is 19.0. The Labute approximate surface area is 159 Å². The van der Waals surface area contributed by atoms with Gasteiger partial charge >= 0.3 is 0 Å². The topological polar surface area (TPSA) is 87.2 Å². The van der Waals surface area contributed by atoms with Crippen LogP contribution in [-0.4, -0.2) is 46.3 Å². The average Bonchev–Trinajstić information content (AvgIpc) is 2.69. The molecule has 7 nitrogen and oxygen atoms in total. The maximum absolute atomic E-state index is 12.5. The Bertz CT molecular complexity index is 781. The van der Waals surface area contributed by atoms with Crippen LogP contribution in [0, 0.1) is 5.92 Å². The van der Waals surface area contributed by atoms with Crippen molar-refractivity contribution < 1.29 is 9.59 Å². The number of likely N-dealkylation sites (tertiary alicyclic amines) is 1. The Balaban J connectivity index is 1.53. The molecular weight excluding hydrogens is 342 g/mol. The minimum absolute atomic E-state index is 0.0501. The Morgan fingerprint density at radius 1 is 1.22 bits per heavy atom. The number of amides is 2. The maximum atomic E-state index is 12.5. The van der Waals surface area contributed by atoms with Crippen molar-refractivity contribution in [3.63, 3.8) is 0 Å². The molecule has 2 aromatic rings. The first-order valence-corrected chi connectivity index (χ1v) is 9.32. The highest BCUT2D eigenvalue weighted by molar-refractivity contribution is 5.93. The van der Waals surface area contributed by atoms with Crippen LogP contribution in [-0.2, 0) is 16.0 Å². The molecule has 3 rings (SSSR count). The van der Waals surface area contributed by atoms with Gasteiger partial charge < -0.3 is 10.6 Å². The van der Waals surface area contributed by atoms with E-state index < -0.39 is 0 Å². The van der Waals surface area contributed by atoms with Crippen molar-refractivity contribution in [3.05, 3.63) is 48.4 Å². The van der Waals surface area contributed by atoms with Gasteiger partial charge in [-0.25, -0.2) is 4.98 Å². The molecule has 1 saturated heterocycles. The summed E-state index contributed by atoms with van der Waals surface area (Å²) >= 11 is 0. The summed E-state index contributed by atoms with van der Waals surface area (Å²) in [5.41, 5.74) is 1.98. The molecule has 1 aliphatic rings. The summed E-state index contributed by atoms with van der Waals surface area (Å²) in [4.78, 5) is 35.0. The number of rotatable bonds is 6. The third-order valence-electron chi connectivity index (χ3n) is 4.73. The standard InChI is InChI=1S/C20H25N5O2/c1-2-15-6-3-4-8-17(15)23-19(26)14-25-11-5-7-16(13-25)20(27)24-18-12-21-9-10-22-18/h3-4,6,8-10,12,16H,2,5,7,11,13-14H2,1H3,(H,23,26)(H,22,24,27). The summed E-state index contributed by atoms with van der Waals surface area (Å²) in [5.74, 6) is 0.174. The zero-order valence-electron chi connectivity index (χ0n) is 15.5. The Morgan fingerprint density at radius 2 is 2.07 bits per heavy atom. The molecule has 2 heterocycles. The third-order valence-corrected chi connectivity index (χ3v) is 4.73. The van der Waals surface area contributed by atoms with Crippen LogP contribution in [0.25, 0.3) is 0 Å². The number of nitrogens with one attached hydrogen (secondary N) is 2. The highest BCUT2D eigenvalue weighted by Gasteiger charge is 2.27. The van der Waals surface area contributed by atoms with Crippen LogP contribution in [0.15, 0.2) is 42.9 Å². The molecule has 2 N–H and O–H groups in total. The number of anilines is 2. The van der Waals surface area contributed by atoms with Gasteiger partial charge in [0.05, 0.1) is 18.7 Å². The summed E-state index contributed by atoms with van der Waals surface area (Å²) in [6.45, 7) is 3.73. The Morgan fingerprint density at radius 3 is 2.85 bits per heavy atom. The van der Waals surface area contributed by atoms with Crippen molar-refractivity contribution in [2.75, 3.05) is 30.3 Å². The number of benzene rings is 1. The second kappa shape index (κ2) is 9.23. The largest absolute Gasteiger partial charge is 0.325 e. The summed E-state index contributed by atoms with van der Waals surface area (Å²) < 4.78 is 0. The molecule has 0 radical (unpaired) electrons. The molecule has 0 bridgehead atoms. The lowest BCUT2D eigenvalue weighted by atomic mass is 9.97. The van der Waals surface area contributed by atoms with Crippen molar-refractivity contribution in [3.8, 4) is 0 Å². The molecule has 1 aromatic carbocycles. The molecule has 1 unspecified atom stereocenters. The quantitative estimate of drug-likeness (QED) is 0.818. The van der Waals surface area contributed by atoms with Crippen molar-refractivity contribution in [1.82, 2.24) is 14.9 Å². The van der Waals surface area contributed by atoms with Crippen molar-refractivity contribution >= 4 is 23.3 Å². The minimum atomic E-state index is -0.156. The van der Waals surface area contributed by atoms with E-state index in [9.17, 15) is 9.59 Å². The Kier molecular flexibility index (Phi) is 6.49. The fourth-order valence-electron chi connectivity index (χ4n) is 3.35. The predicted molar refractivity (Wildman–Crippen MR) is 104 cm³/mol. The van der Waals surface area contributed by atoms with Gasteiger partial charge in [-0.2, -0.15) is 0 Å². The van der Waals surface area contributed by atoms with Crippen LogP contribution < -0.4 is 10.6 Å². The van der Waals surface area contributed by atoms with Crippen LogP contribution in [0.5, 0.6) is 0 Å². The molecule has 27 heavy (non-hydrogen) atoms. The first-order valence-electron chi connectivity index (χ1n) is 9.32. The van der Waals surface area contributed by atoms with Gasteiger partial charge in [0.15, 0.2) is 5.82 Å². The number of aromatic nitrogens is 2. The molecule has 0 saturated carbocycles. The lowest BCUT2D eigenvalue weighted by Crippen LogP contribution is -2.44. The molecule has 1 aliphatic heterocycles. The van der Waals surface area contributed by atoms with Gasteiger partial charge in [-0.3, -0.25) is 19.5 Å². The molecular formula is C20H25N5O2. The fourth-order valence-corrected chi connectivity index (χ4v) is 3.35. The zero-order valence-corrected chi connectivity index (χ0v) is 15.5. The van der Waals surface area contributed by atoms with Crippen molar-refractivity contribution in [2.45, 2.75) is 26.2 Å². The highest BCUT2D eigenvalue weighted by atomic mass is 16.2. The van der Waals surface area contributed by atoms with E-state index in [1.54, 1.807) is 12.4 Å². The van der Waals surface area contributed by atoms with E-state index in [0.717, 1.165) is 37.1 Å². The molecule has 0 aliphatic carbocycles. The van der Waals surface area contributed by atoms with Crippen LogP contribution in [0.3, 0.4) is 0 Å². The molecule has 0 spiro atoms. The number of nitrogens with zero attached hydrogens (tertiary/aromatic N) is 3. The molecule has 142 valence electrons. The lowest BCUT2D eigenvalue weighted by Gasteiger charge is -2.31. The van der Waals surface area contributed by atoms with Crippen LogP contribution in [0.2, 0.25) is 0 Å². The molecule has 1 fully saturated rings. The second-order valence-corrected chi connectivity index (χ2v) is 6.71. The first-order chi connectivity index (χ1) is 13.2. The number of carbonyl (C=O) groups is 2. The van der Waals surface area contributed by atoms with Crippen LogP contribution in [0.4, 0.5) is 11.5 Å². The summed E-state index contributed by atoms with van der Waals surface area (Å²) in [6.07, 6.45) is 7.19. The van der Waals surface area contributed by atoms with Crippen molar-refractivity contribution in [2.24, 2.45) is 5.92 Å². The minimum Gasteiger partial charge on any atom is -0.325 e. The number of aryl methyl sites for hydroxylation is 1. The fraction of sp³-hybridized carbons (Fsp3) is 0.400. The number of hydrogen-bond acceptors (Lipinski definition) is 5. The summed E-state index contributed by atoms with van der Waals surface area (Å²) in [7, 11) is 0. The molecule has 1 aromatic heterocycles. The number of hydrogen-bond donors (Lipinski definition) is 2. The van der Waals surface area contributed by atoms with E-state index >= 15 is 0 Å². The third kappa shape index (κ3) is 5.34. The normalized spacial score (nSPS) is 17.3. The number of para-hydroxylation sites is 1. The second-order valence-electron chi connectivity index (χ2n) is 6.71. The molecule has 1 atom stereocenters. The van der Waals surface area contributed by atoms with Gasteiger partial charge in [0.25, 0.3) is 0 Å². The van der Waals surface area contributed by atoms with Gasteiger partial charge in [0.1, 0.15) is 0 Å². The van der Waals surface area contributed by atoms with Gasteiger partial charge in [-0.1, -0.05) is 25.1 Å². The molecule has 7 heteroatoms. The smallest absolute Gasteiger partial charge is 0.238 e. The van der Waals surface area contributed by atoms with Crippen LogP contribution in [0.1, 0.15) is 25.3 Å². The van der Waals surface area contributed by atoms with E-state index in [2.05, 4.69) is 27.5 Å². The van der Waals surface area contributed by atoms with E-state index in [1.807, 2.05) is 29.2 Å². The van der Waals surface area contributed by atoms with E-state index in [4.69, 9.17) is 0 Å². The van der Waals surface area contributed by atoms with E-state index in [0.29, 0.717) is 12.4 Å². The summed E-state index contributed by atoms with van der Waals surface area (Å²) in [5, 5.41) is 5.79. The Hall–Kier alpha value is -2.80. The average molecular weight is 367 g/mol. The number of carbonyl (C=O) groups excluding carboxylic acids is 2. The molecule has 2 amide bonds. The van der Waals surface area contributed by atoms with Gasteiger partial charge in [-0.05, 0) is 37.4 Å². The SMILES string of the molecule is CCc1ccccc1NC(=O)CN1CCCC(C(=O)Nc2cnccn2)C1. The predicted octanol–water partition coefficient (Wildman–Crippen LogP) is 2.33. The van der Waals surface area contributed by atoms with Gasteiger partial charge in [0.2, 0.25) is 11.8 Å². The number of piperidine rings is 1. The summed E-state index contributed by atoms with van der Waals surface area (Å²) in [6, 6.07) is 7.83. The zero-order chi connectivity index (χ0) is 19.1. The van der Waals surface area contributed by atoms with E-state index in [-0.39, 0.29) is 24.3 Å². The highest BCUT2D eigenvalue weighted by Crippen LogP contribution is 2.19. The monoisotopic (exact) mass is 367 g/mol. The lowest BCUT2D eigenvalue weighted by molar-refractivity contribution is -0.123. The van der Waals surface area contributed by atoms with Crippen molar-refractivity contribution in [1.29, 1.82) is 0 Å².